The summed E-state index contributed by atoms with van der Waals surface area (Å²) in [6.07, 6.45) is 4.19. The number of nitrogens with zero attached hydrogens (tertiary/aromatic N) is 3. The van der Waals surface area contributed by atoms with Crippen LogP contribution in [-0.4, -0.2) is 27.6 Å². The third-order valence-corrected chi connectivity index (χ3v) is 8.43. The molecule has 170 valence electrons. The lowest BCUT2D eigenvalue weighted by Crippen LogP contribution is -2.22. The van der Waals surface area contributed by atoms with Gasteiger partial charge in [-0.05, 0) is 43.4 Å². The Morgan fingerprint density at radius 2 is 2.06 bits per heavy atom. The van der Waals surface area contributed by atoms with E-state index in [0.717, 1.165) is 41.6 Å². The summed E-state index contributed by atoms with van der Waals surface area (Å²) < 4.78 is 7.25. The van der Waals surface area contributed by atoms with Crippen LogP contribution in [0.25, 0.3) is 15.9 Å². The molecule has 0 radical (unpaired) electrons. The molecule has 1 aliphatic carbocycles. The lowest BCUT2D eigenvalue weighted by Gasteiger charge is -2.15. The van der Waals surface area contributed by atoms with Crippen LogP contribution in [0.1, 0.15) is 35.9 Å². The molecule has 4 aromatic rings. The molecule has 1 aliphatic rings. The van der Waals surface area contributed by atoms with Crippen LogP contribution in [0.5, 0.6) is 5.75 Å². The number of aromatic nitrogens is 3. The summed E-state index contributed by atoms with van der Waals surface area (Å²) in [7, 11) is 1.61. The molecule has 1 N–H and O–H groups in total. The molecule has 10 heteroatoms. The molecule has 0 fully saturated rings. The van der Waals surface area contributed by atoms with Gasteiger partial charge < -0.3 is 10.1 Å². The maximum atomic E-state index is 13.9. The van der Waals surface area contributed by atoms with Crippen molar-refractivity contribution < 1.29 is 9.53 Å². The zero-order valence-electron chi connectivity index (χ0n) is 18.2. The third kappa shape index (κ3) is 4.30. The van der Waals surface area contributed by atoms with Gasteiger partial charge in [-0.15, -0.1) is 22.7 Å². The number of ether oxygens (including phenoxy) is 1. The van der Waals surface area contributed by atoms with Crippen LogP contribution in [-0.2, 0) is 23.4 Å². The monoisotopic (exact) mass is 498 g/mol. The third-order valence-electron chi connectivity index (χ3n) is 5.47. The van der Waals surface area contributed by atoms with Crippen LogP contribution in [0.3, 0.4) is 0 Å². The second kappa shape index (κ2) is 9.28. The largest absolute Gasteiger partial charge is 0.495 e. The normalized spacial score (nSPS) is 13.2. The molecule has 7 nitrogen and oxygen atoms in total. The number of thioether (sulfide) groups is 1. The van der Waals surface area contributed by atoms with Gasteiger partial charge >= 0.3 is 0 Å². The highest BCUT2D eigenvalue weighted by Gasteiger charge is 2.24. The summed E-state index contributed by atoms with van der Waals surface area (Å²) in [5, 5.41) is 6.53. The van der Waals surface area contributed by atoms with Gasteiger partial charge in [0.15, 0.2) is 10.3 Å². The molecular formula is C23H22N4O3S3. The smallest absolute Gasteiger partial charge is 0.267 e. The minimum absolute atomic E-state index is 0.0522. The van der Waals surface area contributed by atoms with Crippen LogP contribution in [0, 0.1) is 0 Å². The number of aryl methyl sites for hydroxylation is 2. The van der Waals surface area contributed by atoms with E-state index in [1.54, 1.807) is 23.0 Å². The Kier molecular flexibility index (Phi) is 6.22. The summed E-state index contributed by atoms with van der Waals surface area (Å²) in [5.41, 5.74) is 2.61. The maximum Gasteiger partial charge on any atom is 0.267 e. The molecule has 3 heterocycles. The number of anilines is 1. The van der Waals surface area contributed by atoms with Crippen LogP contribution in [0.15, 0.2) is 39.6 Å². The lowest BCUT2D eigenvalue weighted by molar-refractivity contribution is -0.114. The Hall–Kier alpha value is -2.69. The van der Waals surface area contributed by atoms with Crippen molar-refractivity contribution in [2.45, 2.75) is 43.5 Å². The second-order valence-corrected chi connectivity index (χ2v) is 10.6. The molecule has 0 atom stereocenters. The molecule has 3 aromatic heterocycles. The van der Waals surface area contributed by atoms with Crippen LogP contribution < -0.4 is 15.6 Å². The highest BCUT2D eigenvalue weighted by Crippen LogP contribution is 2.36. The molecule has 0 bridgehead atoms. The number of fused-ring (bicyclic) bond motifs is 3. The van der Waals surface area contributed by atoms with Crippen molar-refractivity contribution >= 4 is 55.7 Å². The van der Waals surface area contributed by atoms with Gasteiger partial charge in [-0.2, -0.15) is 0 Å². The molecule has 5 rings (SSSR count). The number of hydrogen-bond acceptors (Lipinski definition) is 8. The summed E-state index contributed by atoms with van der Waals surface area (Å²) >= 11 is 4.48. The summed E-state index contributed by atoms with van der Waals surface area (Å²) in [4.78, 5) is 36.7. The van der Waals surface area contributed by atoms with Crippen molar-refractivity contribution in [2.75, 3.05) is 12.4 Å². The van der Waals surface area contributed by atoms with E-state index in [-0.39, 0.29) is 11.5 Å². The van der Waals surface area contributed by atoms with Crippen LogP contribution in [0.4, 0.5) is 5.13 Å². The molecule has 33 heavy (non-hydrogen) atoms. The van der Waals surface area contributed by atoms with E-state index in [1.165, 1.54) is 40.5 Å². The Bertz CT molecular complexity index is 1410. The number of methoxy groups -OCH3 is 1. The molecule has 1 aromatic carbocycles. The molecule has 0 aliphatic heterocycles. The zero-order chi connectivity index (χ0) is 22.9. The van der Waals surface area contributed by atoms with Crippen LogP contribution >= 0.6 is 34.4 Å². The summed E-state index contributed by atoms with van der Waals surface area (Å²) in [6.45, 7) is 1.46. The van der Waals surface area contributed by atoms with Gasteiger partial charge in [-0.3, -0.25) is 14.2 Å². The lowest BCUT2D eigenvalue weighted by atomic mass is 9.97. The number of thiophene rings is 1. The Labute approximate surface area is 202 Å². The second-order valence-electron chi connectivity index (χ2n) is 7.71. The number of benzene rings is 1. The van der Waals surface area contributed by atoms with E-state index < -0.39 is 0 Å². The quantitative estimate of drug-likeness (QED) is 0.296. The van der Waals surface area contributed by atoms with Crippen molar-refractivity contribution in [1.82, 2.24) is 14.5 Å². The average Bonchev–Trinajstić information content (AvgIpc) is 3.41. The SMILES string of the molecule is COc1ccccc1-n1c(SCc2csc(NC(C)=O)n2)nc2sc3c(c2c1=O)CCCC3. The fourth-order valence-corrected chi connectivity index (χ4v) is 7.09. The fourth-order valence-electron chi connectivity index (χ4n) is 4.03. The van der Waals surface area contributed by atoms with Crippen molar-refractivity contribution in [2.24, 2.45) is 0 Å². The minimum atomic E-state index is -0.151. The first-order valence-electron chi connectivity index (χ1n) is 10.6. The first-order valence-corrected chi connectivity index (χ1v) is 13.3. The van der Waals surface area contributed by atoms with E-state index in [4.69, 9.17) is 9.72 Å². The number of carbonyl (C=O) groups is 1. The standard InChI is InChI=1S/C23H22N4O3S3/c1-13(28)24-22-25-14(11-31-22)12-32-23-26-20-19(15-7-3-6-10-18(15)33-20)21(29)27(23)16-8-4-5-9-17(16)30-2/h4-5,8-9,11H,3,6-7,10,12H2,1-2H3,(H,24,25,28). The van der Waals surface area contributed by atoms with Gasteiger partial charge in [0.05, 0.1) is 23.9 Å². The van der Waals surface area contributed by atoms with Gasteiger partial charge in [-0.25, -0.2) is 9.97 Å². The van der Waals surface area contributed by atoms with Crippen molar-refractivity contribution in [1.29, 1.82) is 0 Å². The Morgan fingerprint density at radius 3 is 2.88 bits per heavy atom. The number of amides is 1. The first kappa shape index (κ1) is 22.1. The number of nitrogens with one attached hydrogen (secondary N) is 1. The number of hydrogen-bond donors (Lipinski definition) is 1. The van der Waals surface area contributed by atoms with Crippen LogP contribution in [0.2, 0.25) is 0 Å². The van der Waals surface area contributed by atoms with Gasteiger partial charge in [0.2, 0.25) is 5.91 Å². The van der Waals surface area contributed by atoms with E-state index >= 15 is 0 Å². The van der Waals surface area contributed by atoms with Crippen molar-refractivity contribution in [3.05, 3.63) is 56.1 Å². The minimum Gasteiger partial charge on any atom is -0.495 e. The number of carbonyl (C=O) groups excluding carboxylic acids is 1. The summed E-state index contributed by atoms with van der Waals surface area (Å²) in [5.74, 6) is 0.990. The summed E-state index contributed by atoms with van der Waals surface area (Å²) in [6, 6.07) is 7.52. The van der Waals surface area contributed by atoms with E-state index in [0.29, 0.717) is 27.5 Å². The molecule has 0 saturated carbocycles. The molecule has 0 unspecified atom stereocenters. The number of thiazole rings is 1. The Morgan fingerprint density at radius 1 is 1.24 bits per heavy atom. The van der Waals surface area contributed by atoms with Gasteiger partial charge in [0.1, 0.15) is 10.6 Å². The predicted octanol–water partition coefficient (Wildman–Crippen LogP) is 5.04. The first-order chi connectivity index (χ1) is 16.0. The zero-order valence-corrected chi connectivity index (χ0v) is 20.7. The van der Waals surface area contributed by atoms with Crippen molar-refractivity contribution in [3.63, 3.8) is 0 Å². The van der Waals surface area contributed by atoms with Gasteiger partial charge in [-0.1, -0.05) is 23.9 Å². The Balaban J connectivity index is 1.61. The van der Waals surface area contributed by atoms with E-state index in [9.17, 15) is 9.59 Å². The van der Waals surface area contributed by atoms with E-state index in [1.807, 2.05) is 29.6 Å². The molecule has 1 amide bonds. The predicted molar refractivity (Wildman–Crippen MR) is 134 cm³/mol. The molecule has 0 saturated heterocycles. The number of rotatable bonds is 6. The number of para-hydroxylation sites is 2. The van der Waals surface area contributed by atoms with E-state index in [2.05, 4.69) is 10.3 Å². The van der Waals surface area contributed by atoms with Gasteiger partial charge in [0.25, 0.3) is 5.56 Å². The maximum absolute atomic E-state index is 13.9. The topological polar surface area (TPSA) is 86.1 Å². The highest BCUT2D eigenvalue weighted by atomic mass is 32.2. The molecule has 0 spiro atoms. The van der Waals surface area contributed by atoms with Gasteiger partial charge in [0, 0.05) is 22.9 Å². The average molecular weight is 499 g/mol. The van der Waals surface area contributed by atoms with Crippen molar-refractivity contribution in [3.8, 4) is 11.4 Å². The fraction of sp³-hybridized carbons (Fsp3) is 0.304. The molecular weight excluding hydrogens is 476 g/mol. The highest BCUT2D eigenvalue weighted by molar-refractivity contribution is 7.98.